The first-order valence-electron chi connectivity index (χ1n) is 5.48. The van der Waals surface area contributed by atoms with Gasteiger partial charge in [-0.05, 0) is 18.6 Å². The Bertz CT molecular complexity index is 596. The maximum Gasteiger partial charge on any atom is 0.268 e. The number of hydrogen-bond acceptors (Lipinski definition) is 4. The number of nitrogens with zero attached hydrogens (tertiary/aromatic N) is 1. The Kier molecular flexibility index (Phi) is 2.95. The van der Waals surface area contributed by atoms with Gasteiger partial charge in [-0.3, -0.25) is 8.98 Å². The second-order valence-electron chi connectivity index (χ2n) is 4.58. The molecule has 0 bridgehead atoms. The predicted octanol–water partition coefficient (Wildman–Crippen LogP) is 0.897. The number of carbonyl (C=O) groups excluding carboxylic acids is 1. The molecule has 1 unspecified atom stereocenters. The van der Waals surface area contributed by atoms with E-state index in [-0.39, 0.29) is 11.7 Å². The summed E-state index contributed by atoms with van der Waals surface area (Å²) in [6.45, 7) is 1.63. The molecule has 18 heavy (non-hydrogen) atoms. The fraction of sp³-hybridized carbons (Fsp3) is 0.417. The van der Waals surface area contributed by atoms with Crippen LogP contribution in [0, 0.1) is 0 Å². The zero-order valence-corrected chi connectivity index (χ0v) is 11.3. The van der Waals surface area contributed by atoms with Gasteiger partial charge in [0.1, 0.15) is 0 Å². The molecule has 1 aromatic rings. The van der Waals surface area contributed by atoms with Gasteiger partial charge in [0, 0.05) is 12.7 Å². The third-order valence-electron chi connectivity index (χ3n) is 3.36. The molecule has 0 radical (unpaired) electrons. The van der Waals surface area contributed by atoms with Crippen molar-refractivity contribution in [1.82, 2.24) is 0 Å². The van der Waals surface area contributed by atoms with E-state index in [0.29, 0.717) is 0 Å². The van der Waals surface area contributed by atoms with Gasteiger partial charge in [-0.15, -0.1) is 0 Å². The van der Waals surface area contributed by atoms with Gasteiger partial charge in [0.05, 0.1) is 18.3 Å². The summed E-state index contributed by atoms with van der Waals surface area (Å²) >= 11 is 0. The van der Waals surface area contributed by atoms with Crippen molar-refractivity contribution in [3.8, 4) is 0 Å². The molecule has 0 aliphatic carbocycles. The monoisotopic (exact) mass is 269 g/mol. The molecule has 1 aromatic carbocycles. The molecule has 1 atom stereocenters. The molecule has 2 rings (SSSR count). The van der Waals surface area contributed by atoms with Crippen LogP contribution in [0.4, 0.5) is 5.69 Å². The van der Waals surface area contributed by atoms with Gasteiger partial charge >= 0.3 is 0 Å². The number of rotatable bonds is 3. The van der Waals surface area contributed by atoms with Crippen LogP contribution in [0.15, 0.2) is 24.3 Å². The zero-order chi connectivity index (χ0) is 13.6. The predicted molar refractivity (Wildman–Crippen MR) is 68.0 cm³/mol. The van der Waals surface area contributed by atoms with Crippen molar-refractivity contribution < 1.29 is 17.4 Å². The average molecular weight is 269 g/mol. The molecule has 6 heteroatoms. The molecule has 1 aliphatic heterocycles. The zero-order valence-electron chi connectivity index (χ0n) is 10.5. The molecular formula is C12H15NO4S. The van der Waals surface area contributed by atoms with Crippen molar-refractivity contribution >= 4 is 21.7 Å². The second-order valence-corrected chi connectivity index (χ2v) is 6.32. The van der Waals surface area contributed by atoms with Crippen LogP contribution < -0.4 is 4.90 Å². The highest BCUT2D eigenvalue weighted by Crippen LogP contribution is 2.41. The van der Waals surface area contributed by atoms with E-state index in [1.54, 1.807) is 32.2 Å². The van der Waals surface area contributed by atoms with Crippen molar-refractivity contribution in [3.05, 3.63) is 29.8 Å². The third-order valence-corrected chi connectivity index (χ3v) is 4.79. The van der Waals surface area contributed by atoms with Crippen LogP contribution in [0.25, 0.3) is 0 Å². The van der Waals surface area contributed by atoms with Gasteiger partial charge in [-0.2, -0.15) is 8.42 Å². The molecule has 0 saturated heterocycles. The first-order chi connectivity index (χ1) is 8.32. The lowest BCUT2D eigenvalue weighted by molar-refractivity contribution is -0.121. The topological polar surface area (TPSA) is 63.7 Å². The van der Waals surface area contributed by atoms with Crippen LogP contribution in [0.1, 0.15) is 12.5 Å². The number of hydrogen-bond donors (Lipinski definition) is 0. The molecule has 0 saturated carbocycles. The number of fused-ring (bicyclic) bond motifs is 1. The number of para-hydroxylation sites is 1. The van der Waals surface area contributed by atoms with Gasteiger partial charge in [0.2, 0.25) is 5.91 Å². The summed E-state index contributed by atoms with van der Waals surface area (Å²) < 4.78 is 27.7. The molecule has 0 N–H and O–H groups in total. The van der Waals surface area contributed by atoms with Crippen LogP contribution in [0.2, 0.25) is 0 Å². The molecule has 0 fully saturated rings. The lowest BCUT2D eigenvalue weighted by atomic mass is 9.86. The normalized spacial score (nSPS) is 23.3. The molecule has 0 aromatic heterocycles. The van der Waals surface area contributed by atoms with Crippen molar-refractivity contribution in [2.24, 2.45) is 0 Å². The van der Waals surface area contributed by atoms with Crippen molar-refractivity contribution in [2.45, 2.75) is 12.3 Å². The van der Waals surface area contributed by atoms with E-state index in [1.165, 1.54) is 4.90 Å². The van der Waals surface area contributed by atoms with Crippen molar-refractivity contribution in [2.75, 3.05) is 24.8 Å². The maximum absolute atomic E-state index is 12.3. The van der Waals surface area contributed by atoms with E-state index in [2.05, 4.69) is 4.18 Å². The molecule has 5 nitrogen and oxygen atoms in total. The fourth-order valence-corrected chi connectivity index (χ4v) is 3.48. The van der Waals surface area contributed by atoms with Gasteiger partial charge in [-0.25, -0.2) is 0 Å². The second kappa shape index (κ2) is 4.07. The smallest absolute Gasteiger partial charge is 0.268 e. The van der Waals surface area contributed by atoms with Gasteiger partial charge in [0.15, 0.2) is 0 Å². The highest BCUT2D eigenvalue weighted by molar-refractivity contribution is 7.86. The molecule has 1 amide bonds. The first-order valence-corrected chi connectivity index (χ1v) is 7.05. The van der Waals surface area contributed by atoms with Crippen LogP contribution in [0.3, 0.4) is 0 Å². The highest BCUT2D eigenvalue weighted by Gasteiger charge is 2.48. The number of carbonyl (C=O) groups is 1. The summed E-state index contributed by atoms with van der Waals surface area (Å²) in [5.41, 5.74) is 0.384. The van der Waals surface area contributed by atoms with E-state index >= 15 is 0 Å². The summed E-state index contributed by atoms with van der Waals surface area (Å²) in [6.07, 6.45) is 0. The summed E-state index contributed by atoms with van der Waals surface area (Å²) in [4.78, 5) is 13.8. The Hall–Kier alpha value is -1.40. The lowest BCUT2D eigenvalue weighted by Crippen LogP contribution is -2.41. The minimum atomic E-state index is -3.71. The SMILES string of the molecule is COS(=O)(=O)CC1(C)C(=O)N(C)c2ccccc21. The molecule has 1 heterocycles. The maximum atomic E-state index is 12.3. The van der Waals surface area contributed by atoms with Crippen molar-refractivity contribution in [1.29, 1.82) is 0 Å². The van der Waals surface area contributed by atoms with E-state index < -0.39 is 15.5 Å². The average Bonchev–Trinajstić information content (AvgIpc) is 2.52. The van der Waals surface area contributed by atoms with E-state index in [9.17, 15) is 13.2 Å². The lowest BCUT2D eigenvalue weighted by Gasteiger charge is -2.22. The van der Waals surface area contributed by atoms with Crippen LogP contribution in [-0.4, -0.2) is 34.2 Å². The Balaban J connectivity index is 2.54. The van der Waals surface area contributed by atoms with E-state index in [1.807, 2.05) is 6.07 Å². The van der Waals surface area contributed by atoms with Gasteiger partial charge < -0.3 is 4.90 Å². The van der Waals surface area contributed by atoms with Gasteiger partial charge in [0.25, 0.3) is 10.1 Å². The summed E-state index contributed by atoms with van der Waals surface area (Å²) in [5.74, 6) is -0.583. The highest BCUT2D eigenvalue weighted by atomic mass is 32.2. The minimum absolute atomic E-state index is 0.232. The Morgan fingerprint density at radius 3 is 2.56 bits per heavy atom. The molecular weight excluding hydrogens is 254 g/mol. The van der Waals surface area contributed by atoms with E-state index in [0.717, 1.165) is 18.4 Å². The van der Waals surface area contributed by atoms with Crippen LogP contribution in [0.5, 0.6) is 0 Å². The fourth-order valence-electron chi connectivity index (χ4n) is 2.38. The Morgan fingerprint density at radius 1 is 1.33 bits per heavy atom. The standard InChI is InChI=1S/C12H15NO4S/c1-12(8-18(15,16)17-3)9-6-4-5-7-10(9)13(2)11(12)14/h4-7H,8H2,1-3H3. The first kappa shape index (κ1) is 13.0. The Labute approximate surface area is 106 Å². The number of amides is 1. The number of anilines is 1. The largest absolute Gasteiger partial charge is 0.314 e. The Morgan fingerprint density at radius 2 is 1.94 bits per heavy atom. The van der Waals surface area contributed by atoms with E-state index in [4.69, 9.17) is 0 Å². The van der Waals surface area contributed by atoms with Gasteiger partial charge in [-0.1, -0.05) is 18.2 Å². The number of likely N-dealkylation sites (N-methyl/N-ethyl adjacent to an activating group) is 1. The van der Waals surface area contributed by atoms with Crippen molar-refractivity contribution in [3.63, 3.8) is 0 Å². The van der Waals surface area contributed by atoms with Crippen LogP contribution in [-0.2, 0) is 24.5 Å². The molecule has 98 valence electrons. The quantitative estimate of drug-likeness (QED) is 0.765. The minimum Gasteiger partial charge on any atom is -0.314 e. The van der Waals surface area contributed by atoms with Crippen LogP contribution >= 0.6 is 0 Å². The molecule has 1 aliphatic rings. The summed E-state index contributed by atoms with van der Waals surface area (Å²) in [6, 6.07) is 7.20. The summed E-state index contributed by atoms with van der Waals surface area (Å²) in [5, 5.41) is 0. The third kappa shape index (κ3) is 1.81. The molecule has 0 spiro atoms. The summed E-state index contributed by atoms with van der Waals surface area (Å²) in [7, 11) is -0.958. The number of benzene rings is 1.